The second kappa shape index (κ2) is 8.36. The van der Waals surface area contributed by atoms with Crippen LogP contribution in [0.3, 0.4) is 0 Å². The Morgan fingerprint density at radius 2 is 2.08 bits per heavy atom. The maximum Gasteiger partial charge on any atom is 0.417 e. The van der Waals surface area contributed by atoms with E-state index < -0.39 is 11.5 Å². The largest absolute Gasteiger partial charge is 0.497 e. The van der Waals surface area contributed by atoms with Crippen LogP contribution < -0.4 is 4.74 Å². The van der Waals surface area contributed by atoms with Gasteiger partial charge in [0.2, 0.25) is 5.91 Å². The predicted molar refractivity (Wildman–Crippen MR) is 97.8 cm³/mol. The van der Waals surface area contributed by atoms with Gasteiger partial charge in [-0.3, -0.25) is 4.79 Å². The summed E-state index contributed by atoms with van der Waals surface area (Å²) in [5.74, 6) is 0.537. The van der Waals surface area contributed by atoms with Crippen LogP contribution in [0.5, 0.6) is 5.75 Å². The quantitative estimate of drug-likeness (QED) is 0.664. The number of hydrogen-bond acceptors (Lipinski definition) is 5. The molecule has 26 heavy (non-hydrogen) atoms. The van der Waals surface area contributed by atoms with E-state index in [1.807, 2.05) is 38.1 Å². The molecule has 0 aromatic heterocycles. The minimum Gasteiger partial charge on any atom is -0.497 e. The van der Waals surface area contributed by atoms with E-state index in [1.54, 1.807) is 14.0 Å². The fraction of sp³-hybridized carbons (Fsp3) is 0.500. The molecule has 1 fully saturated rings. The number of amides is 2. The molecule has 0 spiro atoms. The Morgan fingerprint density at radius 3 is 2.62 bits per heavy atom. The van der Waals surface area contributed by atoms with Crippen LogP contribution in [0.1, 0.15) is 26.3 Å². The van der Waals surface area contributed by atoms with Crippen molar-refractivity contribution in [1.82, 2.24) is 4.90 Å². The number of hydrogen-bond donors (Lipinski definition) is 0. The smallest absolute Gasteiger partial charge is 0.417 e. The number of cyclic esters (lactones) is 1. The number of nitrogens with zero attached hydrogens (tertiary/aromatic N) is 1. The van der Waals surface area contributed by atoms with Gasteiger partial charge >= 0.3 is 6.09 Å². The van der Waals surface area contributed by atoms with Gasteiger partial charge in [-0.05, 0) is 30.5 Å². The normalized spacial score (nSPS) is 19.2. The third-order valence-electron chi connectivity index (χ3n) is 4.66. The summed E-state index contributed by atoms with van der Waals surface area (Å²) in [6.45, 7) is 10.1. The molecular formula is C20H27NO5. The summed E-state index contributed by atoms with van der Waals surface area (Å²) in [4.78, 5) is 26.3. The molecule has 6 nitrogen and oxygen atoms in total. The lowest BCUT2D eigenvalue weighted by Crippen LogP contribution is -2.49. The molecule has 0 N–H and O–H groups in total. The Bertz CT molecular complexity index is 655. The van der Waals surface area contributed by atoms with Crippen LogP contribution in [-0.4, -0.2) is 43.3 Å². The highest BCUT2D eigenvalue weighted by atomic mass is 16.6. The van der Waals surface area contributed by atoms with E-state index in [1.165, 1.54) is 11.0 Å². The standard InChI is InChI=1S/C20H27NO5/c1-6-20(4,13-25-11-15-7-9-16(24-5)10-8-15)18(22)21-17(14(2)3)12-26-19(21)23/h6-10,14,17H,1,11-13H2,2-5H3/t17-,20+/m1/s1. The van der Waals surface area contributed by atoms with Crippen molar-refractivity contribution in [3.63, 3.8) is 0 Å². The molecule has 1 aromatic carbocycles. The number of imide groups is 1. The van der Waals surface area contributed by atoms with Gasteiger partial charge in [0.1, 0.15) is 12.4 Å². The molecule has 2 amide bonds. The minimum absolute atomic E-state index is 0.111. The monoisotopic (exact) mass is 361 g/mol. The van der Waals surface area contributed by atoms with Crippen molar-refractivity contribution in [1.29, 1.82) is 0 Å². The predicted octanol–water partition coefficient (Wildman–Crippen LogP) is 3.41. The molecule has 0 saturated carbocycles. The molecule has 6 heteroatoms. The first-order valence-electron chi connectivity index (χ1n) is 8.67. The van der Waals surface area contributed by atoms with Crippen molar-refractivity contribution in [3.05, 3.63) is 42.5 Å². The molecule has 0 radical (unpaired) electrons. The zero-order chi connectivity index (χ0) is 19.3. The fourth-order valence-electron chi connectivity index (χ4n) is 2.75. The maximum absolute atomic E-state index is 13.0. The lowest BCUT2D eigenvalue weighted by Gasteiger charge is -2.31. The van der Waals surface area contributed by atoms with Gasteiger partial charge < -0.3 is 14.2 Å². The van der Waals surface area contributed by atoms with Crippen molar-refractivity contribution in [3.8, 4) is 5.75 Å². The van der Waals surface area contributed by atoms with Gasteiger partial charge in [-0.1, -0.05) is 32.1 Å². The van der Waals surface area contributed by atoms with Crippen LogP contribution in [0.15, 0.2) is 36.9 Å². The number of methoxy groups -OCH3 is 1. The van der Waals surface area contributed by atoms with E-state index in [0.717, 1.165) is 11.3 Å². The number of carbonyl (C=O) groups excluding carboxylic acids is 2. The maximum atomic E-state index is 13.0. The van der Waals surface area contributed by atoms with E-state index in [4.69, 9.17) is 14.2 Å². The topological polar surface area (TPSA) is 65.1 Å². The zero-order valence-electron chi connectivity index (χ0n) is 15.9. The molecule has 1 aliphatic rings. The number of carbonyl (C=O) groups is 2. The fourth-order valence-corrected chi connectivity index (χ4v) is 2.75. The Kier molecular flexibility index (Phi) is 6.42. The van der Waals surface area contributed by atoms with Gasteiger partial charge in [0.05, 0.1) is 31.8 Å². The van der Waals surface area contributed by atoms with E-state index in [0.29, 0.717) is 6.61 Å². The number of rotatable bonds is 8. The molecule has 2 atom stereocenters. The SMILES string of the molecule is C=C[C@@](C)(COCc1ccc(OC)cc1)C(=O)N1C(=O)OC[C@@H]1C(C)C. The van der Waals surface area contributed by atoms with Gasteiger partial charge in [-0.2, -0.15) is 0 Å². The second-order valence-electron chi connectivity index (χ2n) is 7.03. The van der Waals surface area contributed by atoms with Gasteiger partial charge in [0, 0.05) is 0 Å². The van der Waals surface area contributed by atoms with Gasteiger partial charge in [0.25, 0.3) is 0 Å². The Labute approximate surface area is 154 Å². The molecule has 0 unspecified atom stereocenters. The van der Waals surface area contributed by atoms with Crippen molar-refractivity contribution < 1.29 is 23.8 Å². The molecule has 1 aliphatic heterocycles. The molecular weight excluding hydrogens is 334 g/mol. The highest BCUT2D eigenvalue weighted by Crippen LogP contribution is 2.29. The molecule has 1 heterocycles. The molecule has 0 aliphatic carbocycles. The molecule has 0 bridgehead atoms. The number of benzene rings is 1. The van der Waals surface area contributed by atoms with Crippen LogP contribution in [0.4, 0.5) is 4.79 Å². The Hall–Kier alpha value is -2.34. The lowest BCUT2D eigenvalue weighted by atomic mass is 9.89. The second-order valence-corrected chi connectivity index (χ2v) is 7.03. The number of ether oxygens (including phenoxy) is 3. The average molecular weight is 361 g/mol. The third kappa shape index (κ3) is 4.25. The molecule has 2 rings (SSSR count). The molecule has 1 saturated heterocycles. The summed E-state index contributed by atoms with van der Waals surface area (Å²) in [6.07, 6.45) is 0.934. The van der Waals surface area contributed by atoms with E-state index in [-0.39, 0.29) is 31.1 Å². The van der Waals surface area contributed by atoms with Crippen LogP contribution in [0.25, 0.3) is 0 Å². The zero-order valence-corrected chi connectivity index (χ0v) is 15.9. The van der Waals surface area contributed by atoms with Crippen molar-refractivity contribution in [2.45, 2.75) is 33.4 Å². The van der Waals surface area contributed by atoms with E-state index >= 15 is 0 Å². The first kappa shape index (κ1) is 20.0. The van der Waals surface area contributed by atoms with Crippen LogP contribution in [0.2, 0.25) is 0 Å². The first-order chi connectivity index (χ1) is 12.3. The molecule has 142 valence electrons. The van der Waals surface area contributed by atoms with Crippen LogP contribution >= 0.6 is 0 Å². The lowest BCUT2D eigenvalue weighted by molar-refractivity contribution is -0.140. The van der Waals surface area contributed by atoms with Gasteiger partial charge in [-0.25, -0.2) is 9.69 Å². The van der Waals surface area contributed by atoms with Gasteiger partial charge in [-0.15, -0.1) is 6.58 Å². The average Bonchev–Trinajstić information content (AvgIpc) is 3.03. The summed E-state index contributed by atoms with van der Waals surface area (Å²) in [7, 11) is 1.61. The summed E-state index contributed by atoms with van der Waals surface area (Å²) >= 11 is 0. The summed E-state index contributed by atoms with van der Waals surface area (Å²) in [6, 6.07) is 7.24. The third-order valence-corrected chi connectivity index (χ3v) is 4.66. The van der Waals surface area contributed by atoms with Crippen LogP contribution in [-0.2, 0) is 20.9 Å². The Morgan fingerprint density at radius 1 is 1.42 bits per heavy atom. The Balaban J connectivity index is 2.03. The summed E-state index contributed by atoms with van der Waals surface area (Å²) in [5, 5.41) is 0. The summed E-state index contributed by atoms with van der Waals surface area (Å²) < 4.78 is 15.9. The summed E-state index contributed by atoms with van der Waals surface area (Å²) in [5.41, 5.74) is -0.0477. The van der Waals surface area contributed by atoms with Gasteiger partial charge in [0.15, 0.2) is 0 Å². The molecule has 1 aromatic rings. The van der Waals surface area contributed by atoms with E-state index in [9.17, 15) is 9.59 Å². The minimum atomic E-state index is -1.01. The first-order valence-corrected chi connectivity index (χ1v) is 8.67. The highest BCUT2D eigenvalue weighted by Gasteiger charge is 2.46. The van der Waals surface area contributed by atoms with E-state index in [2.05, 4.69) is 6.58 Å². The van der Waals surface area contributed by atoms with Crippen molar-refractivity contribution in [2.75, 3.05) is 20.3 Å². The van der Waals surface area contributed by atoms with Crippen LogP contribution in [0, 0.1) is 11.3 Å². The highest BCUT2D eigenvalue weighted by molar-refractivity contribution is 5.97. The van der Waals surface area contributed by atoms with Crippen molar-refractivity contribution >= 4 is 12.0 Å². The van der Waals surface area contributed by atoms with Crippen molar-refractivity contribution in [2.24, 2.45) is 11.3 Å².